The van der Waals surface area contributed by atoms with Crippen LogP contribution in [-0.4, -0.2) is 44.4 Å². The van der Waals surface area contributed by atoms with Crippen molar-refractivity contribution in [1.29, 1.82) is 0 Å². The van der Waals surface area contributed by atoms with Crippen LogP contribution in [-0.2, 0) is 17.8 Å². The predicted molar refractivity (Wildman–Crippen MR) is 127 cm³/mol. The molecule has 1 fully saturated rings. The van der Waals surface area contributed by atoms with E-state index < -0.39 is 0 Å². The lowest BCUT2D eigenvalue weighted by atomic mass is 9.88. The molecule has 1 aliphatic carbocycles. The lowest BCUT2D eigenvalue weighted by Gasteiger charge is -2.26. The van der Waals surface area contributed by atoms with Crippen molar-refractivity contribution in [2.24, 2.45) is 0 Å². The van der Waals surface area contributed by atoms with E-state index in [-0.39, 0.29) is 11.9 Å². The van der Waals surface area contributed by atoms with Crippen LogP contribution in [0.1, 0.15) is 48.7 Å². The molecule has 3 aromatic rings. The first-order chi connectivity index (χ1) is 15.8. The Labute approximate surface area is 193 Å². The number of nitrogens with zero attached hydrogens (tertiary/aromatic N) is 4. The number of rotatable bonds is 7. The summed E-state index contributed by atoms with van der Waals surface area (Å²) in [4.78, 5) is 15.3. The van der Waals surface area contributed by atoms with Crippen LogP contribution in [0.2, 0.25) is 0 Å². The fourth-order valence-electron chi connectivity index (χ4n) is 4.74. The summed E-state index contributed by atoms with van der Waals surface area (Å²) in [6.07, 6.45) is 5.68. The number of nitrogens with one attached hydrogen (secondary N) is 1. The fraction of sp³-hybridized carbons (Fsp3) is 0.400. The molecule has 0 spiro atoms. The second kappa shape index (κ2) is 9.88. The highest BCUT2D eigenvalue weighted by Gasteiger charge is 2.23. The van der Waals surface area contributed by atoms with Crippen LogP contribution in [0.25, 0.3) is 5.69 Å². The number of carbonyl (C=O) groups is 1. The number of hydrogen-bond acceptors (Lipinski definition) is 5. The van der Waals surface area contributed by atoms with Gasteiger partial charge < -0.3 is 5.32 Å². The summed E-state index contributed by atoms with van der Waals surface area (Å²) in [7, 11) is 0. The SMILES string of the molecule is O=C(CSc1nnc(CN2CCCC2)n1-c1ccccc1)NC1CCCc2ccccc21. The maximum atomic E-state index is 12.8. The zero-order valence-electron chi connectivity index (χ0n) is 18.2. The van der Waals surface area contributed by atoms with E-state index in [2.05, 4.69) is 61.4 Å². The van der Waals surface area contributed by atoms with Crippen molar-refractivity contribution in [3.05, 3.63) is 71.5 Å². The fourth-order valence-corrected chi connectivity index (χ4v) is 5.53. The van der Waals surface area contributed by atoms with Gasteiger partial charge in [-0.25, -0.2) is 0 Å². The third-order valence-corrected chi connectivity index (χ3v) is 7.24. The molecule has 2 aromatic carbocycles. The molecule has 166 valence electrons. The molecule has 1 amide bonds. The summed E-state index contributed by atoms with van der Waals surface area (Å²) in [5.41, 5.74) is 3.65. The third-order valence-electron chi connectivity index (χ3n) is 6.32. The van der Waals surface area contributed by atoms with Crippen LogP contribution in [0.4, 0.5) is 0 Å². The number of fused-ring (bicyclic) bond motifs is 1. The van der Waals surface area contributed by atoms with E-state index in [1.807, 2.05) is 18.2 Å². The number of likely N-dealkylation sites (tertiary alicyclic amines) is 1. The van der Waals surface area contributed by atoms with E-state index in [9.17, 15) is 4.79 Å². The maximum absolute atomic E-state index is 12.8. The summed E-state index contributed by atoms with van der Waals surface area (Å²) >= 11 is 1.46. The number of benzene rings is 2. The third kappa shape index (κ3) is 4.74. The Morgan fingerprint density at radius 3 is 2.62 bits per heavy atom. The minimum Gasteiger partial charge on any atom is -0.349 e. The molecule has 7 heteroatoms. The summed E-state index contributed by atoms with van der Waals surface area (Å²) in [5.74, 6) is 1.30. The van der Waals surface area contributed by atoms with Gasteiger partial charge in [0.1, 0.15) is 0 Å². The molecule has 6 nitrogen and oxygen atoms in total. The molecule has 1 atom stereocenters. The van der Waals surface area contributed by atoms with Crippen molar-refractivity contribution in [2.45, 2.75) is 49.8 Å². The average molecular weight is 448 g/mol. The van der Waals surface area contributed by atoms with Crippen LogP contribution in [0, 0.1) is 0 Å². The van der Waals surface area contributed by atoms with E-state index in [4.69, 9.17) is 0 Å². The quantitative estimate of drug-likeness (QED) is 0.552. The molecule has 1 aromatic heterocycles. The van der Waals surface area contributed by atoms with Gasteiger partial charge in [-0.1, -0.05) is 54.2 Å². The molecular formula is C25H29N5OS. The Kier molecular flexibility index (Phi) is 6.55. The first-order valence-corrected chi connectivity index (χ1v) is 12.5. The van der Waals surface area contributed by atoms with Gasteiger partial charge in [-0.3, -0.25) is 14.3 Å². The van der Waals surface area contributed by atoms with E-state index >= 15 is 0 Å². The maximum Gasteiger partial charge on any atom is 0.230 e. The summed E-state index contributed by atoms with van der Waals surface area (Å²) in [6.45, 7) is 3.00. The molecule has 32 heavy (non-hydrogen) atoms. The first kappa shape index (κ1) is 21.2. The second-order valence-corrected chi connectivity index (χ2v) is 9.50. The molecule has 0 saturated carbocycles. The number of carbonyl (C=O) groups excluding carboxylic acids is 1. The largest absolute Gasteiger partial charge is 0.349 e. The zero-order chi connectivity index (χ0) is 21.8. The number of hydrogen-bond donors (Lipinski definition) is 1. The highest BCUT2D eigenvalue weighted by atomic mass is 32.2. The number of para-hydroxylation sites is 1. The summed E-state index contributed by atoms with van der Waals surface area (Å²) in [5, 5.41) is 13.0. The van der Waals surface area contributed by atoms with Crippen molar-refractivity contribution in [2.75, 3.05) is 18.8 Å². The van der Waals surface area contributed by atoms with Gasteiger partial charge in [0.2, 0.25) is 5.91 Å². The minimum atomic E-state index is 0.0420. The van der Waals surface area contributed by atoms with Gasteiger partial charge in [0.05, 0.1) is 18.3 Å². The van der Waals surface area contributed by atoms with Gasteiger partial charge in [0, 0.05) is 5.69 Å². The Morgan fingerprint density at radius 1 is 1.00 bits per heavy atom. The van der Waals surface area contributed by atoms with Crippen LogP contribution in [0.3, 0.4) is 0 Å². The van der Waals surface area contributed by atoms with E-state index in [0.717, 1.165) is 55.6 Å². The number of thioether (sulfide) groups is 1. The van der Waals surface area contributed by atoms with E-state index in [0.29, 0.717) is 5.75 Å². The Bertz CT molecular complexity index is 1060. The molecule has 5 rings (SSSR count). The lowest BCUT2D eigenvalue weighted by molar-refractivity contribution is -0.119. The molecule has 2 aliphatic rings. The molecule has 1 N–H and O–H groups in total. The van der Waals surface area contributed by atoms with Crippen molar-refractivity contribution in [1.82, 2.24) is 25.0 Å². The molecular weight excluding hydrogens is 418 g/mol. The van der Waals surface area contributed by atoms with Gasteiger partial charge in [-0.05, 0) is 68.5 Å². The van der Waals surface area contributed by atoms with Crippen molar-refractivity contribution in [3.63, 3.8) is 0 Å². The first-order valence-electron chi connectivity index (χ1n) is 11.5. The lowest BCUT2D eigenvalue weighted by Crippen LogP contribution is -2.32. The highest BCUT2D eigenvalue weighted by Crippen LogP contribution is 2.30. The molecule has 2 heterocycles. The summed E-state index contributed by atoms with van der Waals surface area (Å²) < 4.78 is 2.10. The number of aromatic nitrogens is 3. The second-order valence-electron chi connectivity index (χ2n) is 8.55. The Balaban J connectivity index is 1.29. The van der Waals surface area contributed by atoms with Gasteiger partial charge in [0.15, 0.2) is 11.0 Å². The number of aryl methyl sites for hydroxylation is 1. The minimum absolute atomic E-state index is 0.0420. The van der Waals surface area contributed by atoms with Crippen LogP contribution in [0.5, 0.6) is 0 Å². The predicted octanol–water partition coefficient (Wildman–Crippen LogP) is 4.15. The van der Waals surface area contributed by atoms with Crippen LogP contribution >= 0.6 is 11.8 Å². The normalized spacial score (nSPS) is 18.4. The van der Waals surface area contributed by atoms with Crippen molar-refractivity contribution < 1.29 is 4.79 Å². The van der Waals surface area contributed by atoms with Crippen molar-refractivity contribution in [3.8, 4) is 5.69 Å². The molecule has 0 bridgehead atoms. The van der Waals surface area contributed by atoms with E-state index in [1.54, 1.807) is 0 Å². The van der Waals surface area contributed by atoms with E-state index in [1.165, 1.54) is 35.7 Å². The molecule has 1 aliphatic heterocycles. The summed E-state index contributed by atoms with van der Waals surface area (Å²) in [6, 6.07) is 18.8. The molecule has 1 saturated heterocycles. The van der Waals surface area contributed by atoms with Crippen LogP contribution in [0.15, 0.2) is 59.8 Å². The van der Waals surface area contributed by atoms with Gasteiger partial charge in [-0.15, -0.1) is 10.2 Å². The van der Waals surface area contributed by atoms with Crippen molar-refractivity contribution >= 4 is 17.7 Å². The van der Waals surface area contributed by atoms with Crippen LogP contribution < -0.4 is 5.32 Å². The topological polar surface area (TPSA) is 63.1 Å². The zero-order valence-corrected chi connectivity index (χ0v) is 19.1. The average Bonchev–Trinajstić information content (AvgIpc) is 3.49. The smallest absolute Gasteiger partial charge is 0.230 e. The molecule has 0 radical (unpaired) electrons. The highest BCUT2D eigenvalue weighted by molar-refractivity contribution is 7.99. The van der Waals surface area contributed by atoms with Gasteiger partial charge in [-0.2, -0.15) is 0 Å². The van der Waals surface area contributed by atoms with Gasteiger partial charge in [0.25, 0.3) is 0 Å². The Morgan fingerprint density at radius 2 is 1.78 bits per heavy atom. The van der Waals surface area contributed by atoms with Gasteiger partial charge >= 0.3 is 0 Å². The molecule has 1 unspecified atom stereocenters. The number of amides is 1. The standard InChI is InChI=1S/C25H29N5OS/c31-24(26-22-14-8-10-19-9-4-5-13-21(19)22)18-32-25-28-27-23(17-29-15-6-7-16-29)30(25)20-11-2-1-3-12-20/h1-5,9,11-13,22H,6-8,10,14-18H2,(H,26,31). The monoisotopic (exact) mass is 447 g/mol. The Hall–Kier alpha value is -2.64.